The van der Waals surface area contributed by atoms with Crippen LogP contribution in [-0.2, 0) is 9.59 Å². The molecule has 4 heteroatoms. The number of likely N-dealkylation sites (tertiary alicyclic amines) is 1. The van der Waals surface area contributed by atoms with Crippen LogP contribution in [-0.4, -0.2) is 35.0 Å². The van der Waals surface area contributed by atoms with Gasteiger partial charge in [0.1, 0.15) is 0 Å². The van der Waals surface area contributed by atoms with Crippen LogP contribution in [0.25, 0.3) is 0 Å². The molecule has 5 unspecified atom stereocenters. The fourth-order valence-electron chi connectivity index (χ4n) is 4.87. The van der Waals surface area contributed by atoms with E-state index in [2.05, 4.69) is 6.92 Å². The minimum Gasteiger partial charge on any atom is -0.481 e. The second-order valence-corrected chi connectivity index (χ2v) is 7.51. The maximum atomic E-state index is 12.8. The van der Waals surface area contributed by atoms with E-state index in [1.54, 1.807) is 0 Å². The van der Waals surface area contributed by atoms with Crippen LogP contribution >= 0.6 is 0 Å². The first-order valence-corrected chi connectivity index (χ1v) is 8.58. The molecule has 118 valence electrons. The number of amides is 1. The fraction of sp³-hybridized carbons (Fsp3) is 0.882. The molecule has 2 saturated carbocycles. The number of carbonyl (C=O) groups is 2. The van der Waals surface area contributed by atoms with Crippen molar-refractivity contribution in [2.75, 3.05) is 13.1 Å². The average Bonchev–Trinajstić information content (AvgIpc) is 2.88. The van der Waals surface area contributed by atoms with Crippen LogP contribution in [0.2, 0.25) is 0 Å². The predicted molar refractivity (Wildman–Crippen MR) is 79.7 cm³/mol. The lowest BCUT2D eigenvalue weighted by Gasteiger charge is -2.42. The predicted octanol–water partition coefficient (Wildman–Crippen LogP) is 2.77. The molecule has 0 aromatic carbocycles. The summed E-state index contributed by atoms with van der Waals surface area (Å²) in [6, 6.07) is 0. The molecule has 5 atom stereocenters. The fourth-order valence-corrected chi connectivity index (χ4v) is 4.87. The maximum absolute atomic E-state index is 12.8. The summed E-state index contributed by atoms with van der Waals surface area (Å²) < 4.78 is 0. The number of carboxylic acids is 1. The van der Waals surface area contributed by atoms with Crippen molar-refractivity contribution in [3.8, 4) is 0 Å². The number of carbonyl (C=O) groups excluding carboxylic acids is 1. The van der Waals surface area contributed by atoms with Crippen molar-refractivity contribution >= 4 is 11.9 Å². The third-order valence-electron chi connectivity index (χ3n) is 6.04. The molecule has 1 aliphatic heterocycles. The smallest absolute Gasteiger partial charge is 0.307 e. The lowest BCUT2D eigenvalue weighted by molar-refractivity contribution is -0.150. The number of carboxylic acid groups (broad SMARTS) is 1. The third kappa shape index (κ3) is 2.95. The van der Waals surface area contributed by atoms with Crippen molar-refractivity contribution in [3.05, 3.63) is 0 Å². The van der Waals surface area contributed by atoms with Gasteiger partial charge in [0.2, 0.25) is 5.91 Å². The second kappa shape index (κ2) is 5.98. The summed E-state index contributed by atoms with van der Waals surface area (Å²) in [6.45, 7) is 3.79. The van der Waals surface area contributed by atoms with Gasteiger partial charge in [-0.2, -0.15) is 0 Å². The lowest BCUT2D eigenvalue weighted by atomic mass is 9.75. The van der Waals surface area contributed by atoms with E-state index >= 15 is 0 Å². The quantitative estimate of drug-likeness (QED) is 0.851. The van der Waals surface area contributed by atoms with Crippen LogP contribution < -0.4 is 0 Å². The number of hydrogen-bond donors (Lipinski definition) is 1. The zero-order valence-corrected chi connectivity index (χ0v) is 13.0. The van der Waals surface area contributed by atoms with Gasteiger partial charge in [-0.25, -0.2) is 0 Å². The summed E-state index contributed by atoms with van der Waals surface area (Å²) >= 11 is 0. The van der Waals surface area contributed by atoms with E-state index in [-0.39, 0.29) is 11.8 Å². The Kier molecular flexibility index (Phi) is 4.23. The summed E-state index contributed by atoms with van der Waals surface area (Å²) in [5.41, 5.74) is 0. The van der Waals surface area contributed by atoms with Crippen LogP contribution in [0.4, 0.5) is 0 Å². The number of fused-ring (bicyclic) bond motifs is 1. The lowest BCUT2D eigenvalue weighted by Crippen LogP contribution is -2.48. The van der Waals surface area contributed by atoms with Gasteiger partial charge >= 0.3 is 5.97 Å². The molecule has 0 bridgehead atoms. The first-order valence-electron chi connectivity index (χ1n) is 8.58. The molecular formula is C17H27NO3. The van der Waals surface area contributed by atoms with Gasteiger partial charge in [0.05, 0.1) is 11.8 Å². The van der Waals surface area contributed by atoms with Crippen molar-refractivity contribution in [3.63, 3.8) is 0 Å². The van der Waals surface area contributed by atoms with Crippen molar-refractivity contribution in [1.82, 2.24) is 4.90 Å². The molecule has 1 heterocycles. The molecule has 3 rings (SSSR count). The highest BCUT2D eigenvalue weighted by Gasteiger charge is 2.44. The van der Waals surface area contributed by atoms with Crippen LogP contribution in [0, 0.1) is 29.6 Å². The Morgan fingerprint density at radius 1 is 1.00 bits per heavy atom. The van der Waals surface area contributed by atoms with Gasteiger partial charge in [0, 0.05) is 13.1 Å². The van der Waals surface area contributed by atoms with Crippen LogP contribution in [0.15, 0.2) is 0 Å². The Morgan fingerprint density at radius 3 is 2.38 bits per heavy atom. The van der Waals surface area contributed by atoms with Gasteiger partial charge in [-0.3, -0.25) is 9.59 Å². The van der Waals surface area contributed by atoms with Gasteiger partial charge in [-0.05, 0) is 43.4 Å². The van der Waals surface area contributed by atoms with Gasteiger partial charge in [-0.15, -0.1) is 0 Å². The number of rotatable bonds is 2. The van der Waals surface area contributed by atoms with E-state index < -0.39 is 11.9 Å². The molecule has 1 amide bonds. The van der Waals surface area contributed by atoms with Crippen molar-refractivity contribution in [2.45, 2.75) is 51.9 Å². The molecule has 0 spiro atoms. The van der Waals surface area contributed by atoms with Crippen molar-refractivity contribution in [2.24, 2.45) is 29.6 Å². The standard InChI is InChI=1S/C17H27NO3/c1-11-8-14(15(9-11)17(20)21)16(19)18-7-6-12-4-2-3-5-13(12)10-18/h11-15H,2-10H2,1H3,(H,20,21). The third-order valence-corrected chi connectivity index (χ3v) is 6.04. The molecule has 4 nitrogen and oxygen atoms in total. The van der Waals surface area contributed by atoms with E-state index in [1.165, 1.54) is 25.7 Å². The maximum Gasteiger partial charge on any atom is 0.307 e. The molecule has 3 fully saturated rings. The number of nitrogens with zero attached hydrogens (tertiary/aromatic N) is 1. The van der Waals surface area contributed by atoms with E-state index in [1.807, 2.05) is 4.90 Å². The molecule has 1 N–H and O–H groups in total. The minimum atomic E-state index is -0.787. The second-order valence-electron chi connectivity index (χ2n) is 7.51. The molecule has 1 saturated heterocycles. The Hall–Kier alpha value is -1.06. The molecular weight excluding hydrogens is 266 g/mol. The van der Waals surface area contributed by atoms with Crippen LogP contribution in [0.1, 0.15) is 51.9 Å². The summed E-state index contributed by atoms with van der Waals surface area (Å²) in [5, 5.41) is 9.37. The van der Waals surface area contributed by atoms with Crippen LogP contribution in [0.3, 0.4) is 0 Å². The Bertz CT molecular complexity index is 422. The molecule has 0 aromatic rings. The van der Waals surface area contributed by atoms with Gasteiger partial charge in [0.25, 0.3) is 0 Å². The summed E-state index contributed by atoms with van der Waals surface area (Å²) in [4.78, 5) is 26.2. The van der Waals surface area contributed by atoms with E-state index in [9.17, 15) is 14.7 Å². The van der Waals surface area contributed by atoms with Crippen molar-refractivity contribution in [1.29, 1.82) is 0 Å². The van der Waals surface area contributed by atoms with Crippen molar-refractivity contribution < 1.29 is 14.7 Å². The molecule has 0 aromatic heterocycles. The topological polar surface area (TPSA) is 57.6 Å². The van der Waals surface area contributed by atoms with E-state index in [0.717, 1.165) is 31.8 Å². The SMILES string of the molecule is CC1CC(C(=O)O)C(C(=O)N2CCC3CCCCC3C2)C1. The van der Waals surface area contributed by atoms with Crippen LogP contribution in [0.5, 0.6) is 0 Å². The van der Waals surface area contributed by atoms with Gasteiger partial charge in [0.15, 0.2) is 0 Å². The average molecular weight is 293 g/mol. The summed E-state index contributed by atoms with van der Waals surface area (Å²) in [5.74, 6) is 0.418. The zero-order valence-electron chi connectivity index (χ0n) is 13.0. The van der Waals surface area contributed by atoms with E-state index in [4.69, 9.17) is 0 Å². The first kappa shape index (κ1) is 14.9. The highest BCUT2D eigenvalue weighted by molar-refractivity contribution is 5.85. The Balaban J connectivity index is 1.66. The highest BCUT2D eigenvalue weighted by Crippen LogP contribution is 2.40. The first-order chi connectivity index (χ1) is 10.1. The number of piperidine rings is 1. The zero-order chi connectivity index (χ0) is 15.0. The Labute approximate surface area is 126 Å². The summed E-state index contributed by atoms with van der Waals surface area (Å²) in [7, 11) is 0. The number of aliphatic carboxylic acids is 1. The largest absolute Gasteiger partial charge is 0.481 e. The summed E-state index contributed by atoms with van der Waals surface area (Å²) in [6.07, 6.45) is 7.74. The molecule has 3 aliphatic rings. The molecule has 0 radical (unpaired) electrons. The van der Waals surface area contributed by atoms with E-state index in [0.29, 0.717) is 18.3 Å². The Morgan fingerprint density at radius 2 is 1.67 bits per heavy atom. The minimum absolute atomic E-state index is 0.121. The number of hydrogen-bond acceptors (Lipinski definition) is 2. The monoisotopic (exact) mass is 293 g/mol. The van der Waals surface area contributed by atoms with Gasteiger partial charge in [-0.1, -0.05) is 26.2 Å². The van der Waals surface area contributed by atoms with Gasteiger partial charge < -0.3 is 10.0 Å². The molecule has 2 aliphatic carbocycles. The normalized spacial score (nSPS) is 39.9. The highest BCUT2D eigenvalue weighted by atomic mass is 16.4. The molecule has 21 heavy (non-hydrogen) atoms.